The molecule has 3 aromatic rings. The van der Waals surface area contributed by atoms with Gasteiger partial charge in [-0.3, -0.25) is 19.8 Å². The number of hydrogen-bond acceptors (Lipinski definition) is 3. The molecular weight excluding hydrogens is 362 g/mol. The summed E-state index contributed by atoms with van der Waals surface area (Å²) in [6, 6.07) is 26.9. The number of para-hydroxylation sites is 2. The Balaban J connectivity index is 1.61. The molecule has 0 aliphatic carbocycles. The van der Waals surface area contributed by atoms with Crippen molar-refractivity contribution in [2.24, 2.45) is 0 Å². The number of carbonyl (C=O) groups excluding carboxylic acids is 2. The molecule has 5 heteroatoms. The summed E-state index contributed by atoms with van der Waals surface area (Å²) in [7, 11) is 0. The molecule has 146 valence electrons. The van der Waals surface area contributed by atoms with E-state index in [1.54, 1.807) is 4.90 Å². The van der Waals surface area contributed by atoms with E-state index in [0.717, 1.165) is 16.8 Å². The van der Waals surface area contributed by atoms with Gasteiger partial charge in [-0.25, -0.2) is 0 Å². The van der Waals surface area contributed by atoms with Gasteiger partial charge in [-0.1, -0.05) is 72.8 Å². The Morgan fingerprint density at radius 3 is 2.07 bits per heavy atom. The Kier molecular flexibility index (Phi) is 5.40. The first-order valence-corrected chi connectivity index (χ1v) is 9.69. The summed E-state index contributed by atoms with van der Waals surface area (Å²) >= 11 is 0. The van der Waals surface area contributed by atoms with Gasteiger partial charge in [0, 0.05) is 0 Å². The number of fused-ring (bicyclic) bond motifs is 1. The van der Waals surface area contributed by atoms with Gasteiger partial charge in [-0.2, -0.15) is 0 Å². The fraction of sp³-hybridized carbons (Fsp3) is 0.167. The van der Waals surface area contributed by atoms with Gasteiger partial charge in [0.15, 0.2) is 0 Å². The lowest BCUT2D eigenvalue weighted by Gasteiger charge is -2.32. The molecule has 29 heavy (non-hydrogen) atoms. The number of hydrogen-bond donors (Lipinski definition) is 2. The predicted molar refractivity (Wildman–Crippen MR) is 115 cm³/mol. The SMILES string of the molecule is C[C@H](NC(c1ccccc1)c1ccccc1)C(=O)N1CC(=O)Nc2ccccc21. The number of rotatable bonds is 5. The number of nitrogens with zero attached hydrogens (tertiary/aromatic N) is 1. The van der Waals surface area contributed by atoms with Crippen LogP contribution in [-0.2, 0) is 9.59 Å². The van der Waals surface area contributed by atoms with Crippen molar-refractivity contribution in [3.8, 4) is 0 Å². The summed E-state index contributed by atoms with van der Waals surface area (Å²) in [4.78, 5) is 26.9. The first kappa shape index (κ1) is 18.9. The molecule has 0 aromatic heterocycles. The molecule has 2 amide bonds. The van der Waals surface area contributed by atoms with Crippen molar-refractivity contribution < 1.29 is 9.59 Å². The molecule has 0 saturated carbocycles. The van der Waals surface area contributed by atoms with E-state index in [0.29, 0.717) is 5.69 Å². The smallest absolute Gasteiger partial charge is 0.244 e. The van der Waals surface area contributed by atoms with Crippen molar-refractivity contribution in [2.75, 3.05) is 16.8 Å². The molecule has 2 N–H and O–H groups in total. The van der Waals surface area contributed by atoms with Gasteiger partial charge in [-0.05, 0) is 30.2 Å². The maximum atomic E-state index is 13.3. The lowest BCUT2D eigenvalue weighted by Crippen LogP contribution is -2.50. The van der Waals surface area contributed by atoms with Crippen LogP contribution >= 0.6 is 0 Å². The second-order valence-electron chi connectivity index (χ2n) is 7.13. The van der Waals surface area contributed by atoms with E-state index in [1.807, 2.05) is 91.9 Å². The third-order valence-corrected chi connectivity index (χ3v) is 5.09. The molecule has 1 atom stereocenters. The molecule has 0 spiro atoms. The summed E-state index contributed by atoms with van der Waals surface area (Å²) in [6.07, 6.45) is 0. The summed E-state index contributed by atoms with van der Waals surface area (Å²) in [5, 5.41) is 6.29. The van der Waals surface area contributed by atoms with E-state index in [2.05, 4.69) is 10.6 Å². The monoisotopic (exact) mass is 385 g/mol. The second kappa shape index (κ2) is 8.29. The van der Waals surface area contributed by atoms with Gasteiger partial charge in [0.05, 0.1) is 23.5 Å². The molecule has 0 radical (unpaired) electrons. The molecule has 0 fully saturated rings. The van der Waals surface area contributed by atoms with Crippen molar-refractivity contribution in [2.45, 2.75) is 19.0 Å². The van der Waals surface area contributed by atoms with Crippen molar-refractivity contribution in [3.63, 3.8) is 0 Å². The first-order chi connectivity index (χ1) is 14.1. The van der Waals surface area contributed by atoms with Gasteiger partial charge in [0.1, 0.15) is 6.54 Å². The highest BCUT2D eigenvalue weighted by molar-refractivity contribution is 6.11. The summed E-state index contributed by atoms with van der Waals surface area (Å²) < 4.78 is 0. The zero-order valence-corrected chi connectivity index (χ0v) is 16.2. The lowest BCUT2D eigenvalue weighted by molar-refractivity contribution is -0.123. The molecule has 5 nitrogen and oxygen atoms in total. The van der Waals surface area contributed by atoms with Crippen LogP contribution in [0.5, 0.6) is 0 Å². The average Bonchev–Trinajstić information content (AvgIpc) is 2.77. The molecule has 1 aliphatic heterocycles. The average molecular weight is 385 g/mol. The van der Waals surface area contributed by atoms with Crippen LogP contribution in [0.15, 0.2) is 84.9 Å². The maximum absolute atomic E-state index is 13.3. The van der Waals surface area contributed by atoms with Crippen molar-refractivity contribution >= 4 is 23.2 Å². The summed E-state index contributed by atoms with van der Waals surface area (Å²) in [5.41, 5.74) is 3.54. The Morgan fingerprint density at radius 2 is 1.45 bits per heavy atom. The Morgan fingerprint density at radius 1 is 0.897 bits per heavy atom. The van der Waals surface area contributed by atoms with Crippen LogP contribution in [-0.4, -0.2) is 24.4 Å². The lowest BCUT2D eigenvalue weighted by atomic mass is 9.97. The minimum atomic E-state index is -0.487. The number of carbonyl (C=O) groups is 2. The van der Waals surface area contributed by atoms with E-state index in [1.165, 1.54) is 0 Å². The maximum Gasteiger partial charge on any atom is 0.244 e. The third-order valence-electron chi connectivity index (χ3n) is 5.09. The zero-order valence-electron chi connectivity index (χ0n) is 16.2. The van der Waals surface area contributed by atoms with Crippen LogP contribution in [0.3, 0.4) is 0 Å². The Labute approximate surface area is 170 Å². The summed E-state index contributed by atoms with van der Waals surface area (Å²) in [5.74, 6) is -0.323. The molecule has 0 unspecified atom stereocenters. The van der Waals surface area contributed by atoms with Crippen LogP contribution in [0.4, 0.5) is 11.4 Å². The standard InChI is InChI=1S/C24H23N3O2/c1-17(24(29)27-16-22(28)26-20-14-8-9-15-21(20)27)25-23(18-10-4-2-5-11-18)19-12-6-3-7-13-19/h2-15,17,23,25H,16H2,1H3,(H,26,28)/t17-/m0/s1. The number of nitrogens with one attached hydrogen (secondary N) is 2. The fourth-order valence-corrected chi connectivity index (χ4v) is 3.66. The number of amides is 2. The molecular formula is C24H23N3O2. The molecule has 3 aromatic carbocycles. The number of anilines is 2. The number of benzene rings is 3. The molecule has 0 saturated heterocycles. The zero-order chi connectivity index (χ0) is 20.2. The van der Waals surface area contributed by atoms with E-state index >= 15 is 0 Å². The van der Waals surface area contributed by atoms with Gasteiger partial charge in [-0.15, -0.1) is 0 Å². The van der Waals surface area contributed by atoms with Gasteiger partial charge < -0.3 is 5.32 Å². The van der Waals surface area contributed by atoms with Crippen LogP contribution < -0.4 is 15.5 Å². The molecule has 0 bridgehead atoms. The third kappa shape index (κ3) is 4.05. The largest absolute Gasteiger partial charge is 0.323 e. The topological polar surface area (TPSA) is 61.4 Å². The predicted octanol–water partition coefficient (Wildman–Crippen LogP) is 3.74. The normalized spacial score (nSPS) is 14.3. The van der Waals surface area contributed by atoms with Crippen molar-refractivity contribution in [1.82, 2.24) is 5.32 Å². The van der Waals surface area contributed by atoms with Crippen LogP contribution in [0.2, 0.25) is 0 Å². The van der Waals surface area contributed by atoms with Gasteiger partial charge >= 0.3 is 0 Å². The quantitative estimate of drug-likeness (QED) is 0.703. The van der Waals surface area contributed by atoms with Gasteiger partial charge in [0.2, 0.25) is 11.8 Å². The second-order valence-corrected chi connectivity index (χ2v) is 7.13. The van der Waals surface area contributed by atoms with Crippen LogP contribution in [0.25, 0.3) is 0 Å². The van der Waals surface area contributed by atoms with E-state index in [9.17, 15) is 9.59 Å². The molecule has 1 aliphatic rings. The van der Waals surface area contributed by atoms with E-state index in [4.69, 9.17) is 0 Å². The Hall–Kier alpha value is -3.44. The van der Waals surface area contributed by atoms with Crippen molar-refractivity contribution in [1.29, 1.82) is 0 Å². The molecule has 1 heterocycles. The highest BCUT2D eigenvalue weighted by atomic mass is 16.2. The summed E-state index contributed by atoms with van der Waals surface area (Å²) in [6.45, 7) is 1.86. The molecule has 4 rings (SSSR count). The first-order valence-electron chi connectivity index (χ1n) is 9.69. The van der Waals surface area contributed by atoms with E-state index < -0.39 is 6.04 Å². The van der Waals surface area contributed by atoms with Crippen molar-refractivity contribution in [3.05, 3.63) is 96.1 Å². The van der Waals surface area contributed by atoms with Gasteiger partial charge in [0.25, 0.3) is 0 Å². The fourth-order valence-electron chi connectivity index (χ4n) is 3.66. The van der Waals surface area contributed by atoms with Crippen LogP contribution in [0.1, 0.15) is 24.1 Å². The highest BCUT2D eigenvalue weighted by Gasteiger charge is 2.31. The highest BCUT2D eigenvalue weighted by Crippen LogP contribution is 2.30. The minimum absolute atomic E-state index is 0.0171. The van der Waals surface area contributed by atoms with E-state index in [-0.39, 0.29) is 24.4 Å². The van der Waals surface area contributed by atoms with Crippen LogP contribution in [0, 0.1) is 0 Å². The minimum Gasteiger partial charge on any atom is -0.323 e. The Bertz CT molecular complexity index is 965.